The molecule has 3 N–H and O–H groups in total. The fraction of sp³-hybridized carbons (Fsp3) is 0.100. The van der Waals surface area contributed by atoms with E-state index in [9.17, 15) is 0 Å². The minimum absolute atomic E-state index is 0.0472. The van der Waals surface area contributed by atoms with E-state index in [1.54, 1.807) is 0 Å². The van der Waals surface area contributed by atoms with E-state index < -0.39 is 0 Å². The summed E-state index contributed by atoms with van der Waals surface area (Å²) in [5.41, 5.74) is 6.01. The van der Waals surface area contributed by atoms with Gasteiger partial charge in [0.05, 0.1) is 17.3 Å². The zero-order chi connectivity index (χ0) is 10.1. The van der Waals surface area contributed by atoms with Crippen LogP contribution in [0.4, 0.5) is 0 Å². The second-order valence-corrected chi connectivity index (χ2v) is 3.42. The first kappa shape index (κ1) is 9.09. The summed E-state index contributed by atoms with van der Waals surface area (Å²) in [6, 6.07) is 7.48. The standard InChI is InChI=1S/C10H9ClN2O/c11-10-6-3-1-2-4-7(6)14-8(10)5-9(12)13/h1-4H,5H2,(H3,12,13). The Hall–Kier alpha value is -1.48. The summed E-state index contributed by atoms with van der Waals surface area (Å²) < 4.78 is 5.46. The predicted octanol–water partition coefficient (Wildman–Crippen LogP) is 2.56. The lowest BCUT2D eigenvalue weighted by atomic mass is 10.2. The number of nitrogens with two attached hydrogens (primary N) is 1. The van der Waals surface area contributed by atoms with E-state index in [-0.39, 0.29) is 12.3 Å². The molecule has 0 atom stereocenters. The molecule has 0 fully saturated rings. The molecule has 0 bridgehead atoms. The molecule has 1 aromatic heterocycles. The number of fused-ring (bicyclic) bond motifs is 1. The molecule has 72 valence electrons. The van der Waals surface area contributed by atoms with E-state index in [0.29, 0.717) is 10.8 Å². The maximum atomic E-state index is 7.16. The Kier molecular flexibility index (Phi) is 2.17. The van der Waals surface area contributed by atoms with Crippen molar-refractivity contribution in [2.24, 2.45) is 5.73 Å². The molecule has 14 heavy (non-hydrogen) atoms. The average molecular weight is 209 g/mol. The third-order valence-electron chi connectivity index (χ3n) is 1.95. The number of rotatable bonds is 2. The van der Waals surface area contributed by atoms with Gasteiger partial charge in [0.15, 0.2) is 0 Å². The minimum atomic E-state index is 0.0472. The maximum absolute atomic E-state index is 7.16. The van der Waals surface area contributed by atoms with Gasteiger partial charge in [-0.05, 0) is 12.1 Å². The first-order valence-corrected chi connectivity index (χ1v) is 4.55. The van der Waals surface area contributed by atoms with Gasteiger partial charge in [-0.15, -0.1) is 0 Å². The summed E-state index contributed by atoms with van der Waals surface area (Å²) in [4.78, 5) is 0. The van der Waals surface area contributed by atoms with Crippen molar-refractivity contribution in [2.45, 2.75) is 6.42 Å². The number of halogens is 1. The summed E-state index contributed by atoms with van der Waals surface area (Å²) in [5, 5.41) is 8.58. The van der Waals surface area contributed by atoms with Gasteiger partial charge >= 0.3 is 0 Å². The Morgan fingerprint density at radius 1 is 1.43 bits per heavy atom. The summed E-state index contributed by atoms with van der Waals surface area (Å²) in [5.74, 6) is 0.603. The fourth-order valence-corrected chi connectivity index (χ4v) is 1.61. The Morgan fingerprint density at radius 3 is 2.79 bits per heavy atom. The summed E-state index contributed by atoms with van der Waals surface area (Å²) >= 11 is 6.06. The highest BCUT2D eigenvalue weighted by Crippen LogP contribution is 2.30. The third kappa shape index (κ3) is 1.46. The van der Waals surface area contributed by atoms with Crippen molar-refractivity contribution in [3.05, 3.63) is 35.0 Å². The number of amidine groups is 1. The van der Waals surface area contributed by atoms with Crippen LogP contribution in [0.25, 0.3) is 11.0 Å². The second-order valence-electron chi connectivity index (χ2n) is 3.04. The predicted molar refractivity (Wildman–Crippen MR) is 56.8 cm³/mol. The Morgan fingerprint density at radius 2 is 2.14 bits per heavy atom. The number of furan rings is 1. The van der Waals surface area contributed by atoms with Crippen molar-refractivity contribution >= 4 is 28.4 Å². The van der Waals surface area contributed by atoms with Crippen LogP contribution in [0.15, 0.2) is 28.7 Å². The SMILES string of the molecule is N=C(N)Cc1oc2ccccc2c1Cl. The van der Waals surface area contributed by atoms with Gasteiger partial charge in [0, 0.05) is 5.39 Å². The molecule has 0 saturated heterocycles. The van der Waals surface area contributed by atoms with Crippen molar-refractivity contribution in [1.29, 1.82) is 5.41 Å². The van der Waals surface area contributed by atoms with Gasteiger partial charge in [-0.2, -0.15) is 0 Å². The lowest BCUT2D eigenvalue weighted by molar-refractivity contribution is 0.569. The molecule has 0 aliphatic rings. The molecule has 0 saturated carbocycles. The average Bonchev–Trinajstić information content (AvgIpc) is 2.44. The fourth-order valence-electron chi connectivity index (χ4n) is 1.35. The van der Waals surface area contributed by atoms with Crippen LogP contribution in [0, 0.1) is 5.41 Å². The molecule has 2 rings (SSSR count). The van der Waals surface area contributed by atoms with E-state index in [4.69, 9.17) is 27.2 Å². The van der Waals surface area contributed by atoms with Crippen LogP contribution in [0.2, 0.25) is 5.02 Å². The number of benzene rings is 1. The first-order valence-electron chi connectivity index (χ1n) is 4.17. The van der Waals surface area contributed by atoms with E-state index >= 15 is 0 Å². The van der Waals surface area contributed by atoms with Crippen LogP contribution in [0.3, 0.4) is 0 Å². The minimum Gasteiger partial charge on any atom is -0.459 e. The Bertz CT molecular complexity index is 490. The smallest absolute Gasteiger partial charge is 0.135 e. The van der Waals surface area contributed by atoms with Gasteiger partial charge in [0.1, 0.15) is 11.3 Å². The van der Waals surface area contributed by atoms with Crippen LogP contribution >= 0.6 is 11.6 Å². The van der Waals surface area contributed by atoms with Crippen molar-refractivity contribution in [3.63, 3.8) is 0 Å². The van der Waals surface area contributed by atoms with Crippen LogP contribution in [-0.4, -0.2) is 5.84 Å². The van der Waals surface area contributed by atoms with Crippen molar-refractivity contribution in [2.75, 3.05) is 0 Å². The topological polar surface area (TPSA) is 63.0 Å². The van der Waals surface area contributed by atoms with Crippen molar-refractivity contribution < 1.29 is 4.42 Å². The number of hydrogen-bond donors (Lipinski definition) is 2. The van der Waals surface area contributed by atoms with Crippen LogP contribution < -0.4 is 5.73 Å². The maximum Gasteiger partial charge on any atom is 0.135 e. The summed E-state index contributed by atoms with van der Waals surface area (Å²) in [7, 11) is 0. The zero-order valence-electron chi connectivity index (χ0n) is 7.38. The Balaban J connectivity index is 2.57. The molecule has 1 heterocycles. The molecule has 2 aromatic rings. The van der Waals surface area contributed by atoms with Gasteiger partial charge < -0.3 is 10.2 Å². The quantitative estimate of drug-likeness (QED) is 0.589. The van der Waals surface area contributed by atoms with E-state index in [2.05, 4.69) is 0 Å². The normalized spacial score (nSPS) is 10.6. The van der Waals surface area contributed by atoms with Gasteiger partial charge in [-0.25, -0.2) is 0 Å². The second kappa shape index (κ2) is 3.35. The summed E-state index contributed by atoms with van der Waals surface area (Å²) in [6.45, 7) is 0. The van der Waals surface area contributed by atoms with E-state index in [1.807, 2.05) is 24.3 Å². The molecule has 0 amide bonds. The highest BCUT2D eigenvalue weighted by Gasteiger charge is 2.11. The molecule has 3 nitrogen and oxygen atoms in total. The Labute approximate surface area is 86.0 Å². The zero-order valence-corrected chi connectivity index (χ0v) is 8.14. The monoisotopic (exact) mass is 208 g/mol. The van der Waals surface area contributed by atoms with E-state index in [1.165, 1.54) is 0 Å². The van der Waals surface area contributed by atoms with Crippen molar-refractivity contribution in [3.8, 4) is 0 Å². The number of nitrogens with one attached hydrogen (secondary N) is 1. The molecule has 0 aliphatic carbocycles. The molecule has 4 heteroatoms. The first-order chi connectivity index (χ1) is 6.68. The number of para-hydroxylation sites is 1. The van der Waals surface area contributed by atoms with Gasteiger partial charge in [0.25, 0.3) is 0 Å². The molecule has 0 unspecified atom stereocenters. The molecular weight excluding hydrogens is 200 g/mol. The highest BCUT2D eigenvalue weighted by molar-refractivity contribution is 6.36. The largest absolute Gasteiger partial charge is 0.459 e. The van der Waals surface area contributed by atoms with Crippen molar-refractivity contribution in [1.82, 2.24) is 0 Å². The molecule has 0 spiro atoms. The molecule has 0 radical (unpaired) electrons. The van der Waals surface area contributed by atoms with Crippen LogP contribution in [0.1, 0.15) is 5.76 Å². The van der Waals surface area contributed by atoms with Gasteiger partial charge in [-0.1, -0.05) is 23.7 Å². The summed E-state index contributed by atoms with van der Waals surface area (Å²) in [6.07, 6.45) is 0.257. The van der Waals surface area contributed by atoms with Gasteiger partial charge in [0.2, 0.25) is 0 Å². The van der Waals surface area contributed by atoms with E-state index in [0.717, 1.165) is 11.0 Å². The molecular formula is C10H9ClN2O. The lowest BCUT2D eigenvalue weighted by Crippen LogP contribution is -2.12. The highest BCUT2D eigenvalue weighted by atomic mass is 35.5. The molecule has 1 aromatic carbocycles. The van der Waals surface area contributed by atoms with Crippen LogP contribution in [-0.2, 0) is 6.42 Å². The van der Waals surface area contributed by atoms with Crippen LogP contribution in [0.5, 0.6) is 0 Å². The van der Waals surface area contributed by atoms with Gasteiger partial charge in [-0.3, -0.25) is 5.41 Å². The number of hydrogen-bond acceptors (Lipinski definition) is 2. The third-order valence-corrected chi connectivity index (χ3v) is 2.37. The molecule has 0 aliphatic heterocycles. The lowest BCUT2D eigenvalue weighted by Gasteiger charge is -1.93.